The number of nitrogens with one attached hydrogen (secondary N) is 2. The van der Waals surface area contributed by atoms with Crippen LogP contribution in [-0.4, -0.2) is 51.2 Å². The van der Waals surface area contributed by atoms with Gasteiger partial charge in [-0.3, -0.25) is 14.0 Å². The van der Waals surface area contributed by atoms with Crippen LogP contribution in [0.1, 0.15) is 61.3 Å². The molecule has 0 spiro atoms. The number of piperidine rings is 1. The highest BCUT2D eigenvalue weighted by atomic mass is 35.5. The van der Waals surface area contributed by atoms with E-state index in [1.54, 1.807) is 12.1 Å². The van der Waals surface area contributed by atoms with Crippen LogP contribution < -0.4 is 21.1 Å². The number of amides is 1. The fraction of sp³-hybridized carbons (Fsp3) is 0.480. The van der Waals surface area contributed by atoms with Gasteiger partial charge in [0.05, 0.1) is 11.7 Å². The van der Waals surface area contributed by atoms with Crippen molar-refractivity contribution in [1.82, 2.24) is 30.2 Å². The van der Waals surface area contributed by atoms with Gasteiger partial charge < -0.3 is 15.5 Å². The van der Waals surface area contributed by atoms with Crippen molar-refractivity contribution in [1.29, 1.82) is 0 Å². The maximum absolute atomic E-state index is 12.8. The molecular formula is C25H30ClN7O2. The summed E-state index contributed by atoms with van der Waals surface area (Å²) in [6, 6.07) is 8.28. The Labute approximate surface area is 208 Å². The number of carbonyl (C=O) groups excluding carboxylic acids is 1. The molecule has 1 unspecified atom stereocenters. The molecule has 9 nitrogen and oxygen atoms in total. The van der Waals surface area contributed by atoms with E-state index in [9.17, 15) is 9.59 Å². The third kappa shape index (κ3) is 5.46. The number of halogens is 1. The molecule has 4 heterocycles. The molecule has 0 bridgehead atoms. The Kier molecular flexibility index (Phi) is 6.97. The third-order valence-corrected chi connectivity index (χ3v) is 7.22. The van der Waals surface area contributed by atoms with E-state index in [2.05, 4.69) is 30.7 Å². The Balaban J connectivity index is 1.21. The molecule has 2 fully saturated rings. The van der Waals surface area contributed by atoms with Crippen molar-refractivity contribution in [3.63, 3.8) is 0 Å². The molecule has 1 aliphatic heterocycles. The van der Waals surface area contributed by atoms with E-state index in [0.717, 1.165) is 37.8 Å². The maximum atomic E-state index is 12.8. The van der Waals surface area contributed by atoms with Crippen molar-refractivity contribution >= 4 is 29.0 Å². The smallest absolute Gasteiger partial charge is 0.270 e. The SMILES string of the molecule is CC(NC(=O)c1cc(=O)n2ccc(Cl)cc2n1)c1ccc(N2CCC[C@@H](NCC3CCC3)C2)nn1. The van der Waals surface area contributed by atoms with Gasteiger partial charge in [-0.05, 0) is 63.3 Å². The Morgan fingerprint density at radius 2 is 2.03 bits per heavy atom. The Morgan fingerprint density at radius 3 is 2.77 bits per heavy atom. The van der Waals surface area contributed by atoms with Crippen LogP contribution in [0.2, 0.25) is 5.02 Å². The van der Waals surface area contributed by atoms with Gasteiger partial charge in [-0.2, -0.15) is 5.10 Å². The predicted molar refractivity (Wildman–Crippen MR) is 135 cm³/mol. The predicted octanol–water partition coefficient (Wildman–Crippen LogP) is 2.99. The molecule has 1 aliphatic carbocycles. The highest BCUT2D eigenvalue weighted by Gasteiger charge is 2.24. The molecule has 1 amide bonds. The van der Waals surface area contributed by atoms with Gasteiger partial charge in [0, 0.05) is 42.5 Å². The number of nitrogens with zero attached hydrogens (tertiary/aromatic N) is 5. The number of pyridine rings is 1. The average Bonchev–Trinajstić information content (AvgIpc) is 2.83. The van der Waals surface area contributed by atoms with Crippen molar-refractivity contribution in [2.75, 3.05) is 24.5 Å². The van der Waals surface area contributed by atoms with Crippen LogP contribution in [0.25, 0.3) is 5.65 Å². The molecule has 3 aromatic heterocycles. The molecule has 184 valence electrons. The standard InChI is InChI=1S/C25H30ClN7O2/c1-16(28-25(35)21-13-24(34)33-11-9-18(26)12-23(33)29-21)20-7-8-22(31-30-20)32-10-3-6-19(15-32)27-14-17-4-2-5-17/h7-9,11-13,16-17,19,27H,2-6,10,14-15H2,1H3,(H,28,35)/t16?,19-/m1/s1. The van der Waals surface area contributed by atoms with Crippen LogP contribution in [0.4, 0.5) is 5.82 Å². The van der Waals surface area contributed by atoms with Gasteiger partial charge in [-0.15, -0.1) is 5.10 Å². The zero-order valence-electron chi connectivity index (χ0n) is 19.8. The first-order valence-electron chi connectivity index (χ1n) is 12.3. The van der Waals surface area contributed by atoms with E-state index in [1.807, 2.05) is 19.1 Å². The molecule has 2 aliphatic rings. The lowest BCUT2D eigenvalue weighted by atomic mass is 9.85. The molecular weight excluding hydrogens is 466 g/mol. The number of hydrogen-bond acceptors (Lipinski definition) is 7. The van der Waals surface area contributed by atoms with Crippen LogP contribution in [0.15, 0.2) is 41.3 Å². The number of anilines is 1. The van der Waals surface area contributed by atoms with Crippen LogP contribution in [-0.2, 0) is 0 Å². The first kappa shape index (κ1) is 23.7. The quantitative estimate of drug-likeness (QED) is 0.519. The second kappa shape index (κ2) is 10.3. The minimum atomic E-state index is -0.459. The summed E-state index contributed by atoms with van der Waals surface area (Å²) in [5, 5.41) is 15.8. The lowest BCUT2D eigenvalue weighted by Crippen LogP contribution is -2.47. The number of hydrogen-bond donors (Lipinski definition) is 2. The van der Waals surface area contributed by atoms with Gasteiger partial charge in [0.2, 0.25) is 0 Å². The summed E-state index contributed by atoms with van der Waals surface area (Å²) < 4.78 is 1.34. The topological polar surface area (TPSA) is 105 Å². The summed E-state index contributed by atoms with van der Waals surface area (Å²) in [5.74, 6) is 1.24. The summed E-state index contributed by atoms with van der Waals surface area (Å²) in [6.45, 7) is 4.84. The normalized spacial score (nSPS) is 19.4. The van der Waals surface area contributed by atoms with Crippen molar-refractivity contribution in [3.05, 3.63) is 63.3 Å². The van der Waals surface area contributed by atoms with Gasteiger partial charge in [-0.25, -0.2) is 4.98 Å². The lowest BCUT2D eigenvalue weighted by Gasteiger charge is -2.35. The van der Waals surface area contributed by atoms with Crippen molar-refractivity contribution in [2.45, 2.75) is 51.1 Å². The molecule has 5 rings (SSSR count). The van der Waals surface area contributed by atoms with Gasteiger partial charge in [-0.1, -0.05) is 18.0 Å². The zero-order chi connectivity index (χ0) is 24.4. The number of rotatable bonds is 7. The first-order chi connectivity index (χ1) is 17.0. The van der Waals surface area contributed by atoms with Crippen LogP contribution in [0.3, 0.4) is 0 Å². The van der Waals surface area contributed by atoms with E-state index in [0.29, 0.717) is 22.4 Å². The molecule has 1 saturated carbocycles. The minimum Gasteiger partial charge on any atom is -0.354 e. The van der Waals surface area contributed by atoms with Gasteiger partial charge in [0.15, 0.2) is 5.82 Å². The maximum Gasteiger partial charge on any atom is 0.270 e. The van der Waals surface area contributed by atoms with Gasteiger partial charge in [0.25, 0.3) is 11.5 Å². The zero-order valence-corrected chi connectivity index (χ0v) is 20.5. The number of aromatic nitrogens is 4. The second-order valence-electron chi connectivity index (χ2n) is 9.55. The molecule has 0 aromatic carbocycles. The Hall–Kier alpha value is -3.04. The highest BCUT2D eigenvalue weighted by Crippen LogP contribution is 2.26. The Bertz CT molecular complexity index is 1260. The lowest BCUT2D eigenvalue weighted by molar-refractivity contribution is 0.0934. The van der Waals surface area contributed by atoms with E-state index >= 15 is 0 Å². The van der Waals surface area contributed by atoms with Crippen LogP contribution >= 0.6 is 11.6 Å². The summed E-state index contributed by atoms with van der Waals surface area (Å²) in [6.07, 6.45) is 7.93. The van der Waals surface area contributed by atoms with E-state index in [-0.39, 0.29) is 11.3 Å². The van der Waals surface area contributed by atoms with Crippen molar-refractivity contribution < 1.29 is 4.79 Å². The minimum absolute atomic E-state index is 0.0301. The summed E-state index contributed by atoms with van der Waals surface area (Å²) in [7, 11) is 0. The molecule has 2 N–H and O–H groups in total. The van der Waals surface area contributed by atoms with Crippen molar-refractivity contribution in [2.24, 2.45) is 5.92 Å². The third-order valence-electron chi connectivity index (χ3n) is 6.99. The Morgan fingerprint density at radius 1 is 1.17 bits per heavy atom. The molecule has 0 radical (unpaired) electrons. The molecule has 35 heavy (non-hydrogen) atoms. The summed E-state index contributed by atoms with van der Waals surface area (Å²) in [4.78, 5) is 31.7. The number of fused-ring (bicyclic) bond motifs is 1. The average molecular weight is 496 g/mol. The monoisotopic (exact) mass is 495 g/mol. The fourth-order valence-electron chi connectivity index (χ4n) is 4.66. The van der Waals surface area contributed by atoms with E-state index in [1.165, 1.54) is 42.3 Å². The summed E-state index contributed by atoms with van der Waals surface area (Å²) >= 11 is 6.00. The molecule has 3 aromatic rings. The molecule has 1 saturated heterocycles. The first-order valence-corrected chi connectivity index (χ1v) is 12.7. The van der Waals surface area contributed by atoms with E-state index < -0.39 is 11.9 Å². The highest BCUT2D eigenvalue weighted by molar-refractivity contribution is 6.30. The largest absolute Gasteiger partial charge is 0.354 e. The number of carbonyl (C=O) groups is 1. The molecule has 10 heteroatoms. The van der Waals surface area contributed by atoms with Crippen molar-refractivity contribution in [3.8, 4) is 0 Å². The van der Waals surface area contributed by atoms with Crippen LogP contribution in [0, 0.1) is 5.92 Å². The van der Waals surface area contributed by atoms with E-state index in [4.69, 9.17) is 11.6 Å². The fourth-order valence-corrected chi connectivity index (χ4v) is 4.81. The molecule has 2 atom stereocenters. The summed E-state index contributed by atoms with van der Waals surface area (Å²) in [5.41, 5.74) is 0.631. The van der Waals surface area contributed by atoms with Crippen LogP contribution in [0.5, 0.6) is 0 Å². The van der Waals surface area contributed by atoms with Gasteiger partial charge in [0.1, 0.15) is 11.3 Å². The second-order valence-corrected chi connectivity index (χ2v) is 9.99. The van der Waals surface area contributed by atoms with Gasteiger partial charge >= 0.3 is 0 Å².